The number of nitrogens with zero attached hydrogens (tertiary/aromatic N) is 2. The molecule has 3 amide bonds. The Bertz CT molecular complexity index is 1070. The zero-order valence-electron chi connectivity index (χ0n) is 15.2. The van der Waals surface area contributed by atoms with Gasteiger partial charge in [-0.05, 0) is 30.5 Å². The van der Waals surface area contributed by atoms with Gasteiger partial charge in [0.25, 0.3) is 5.91 Å². The van der Waals surface area contributed by atoms with Crippen LogP contribution in [0.3, 0.4) is 0 Å². The molecule has 3 rings (SSSR count). The lowest BCUT2D eigenvalue weighted by molar-refractivity contribution is 0.0997. The van der Waals surface area contributed by atoms with Gasteiger partial charge < -0.3 is 16.0 Å². The summed E-state index contributed by atoms with van der Waals surface area (Å²) in [6.45, 7) is 1.84. The molecule has 1 atom stereocenters. The zero-order chi connectivity index (χ0) is 20.4. The highest BCUT2D eigenvalue weighted by atomic mass is 35.5. The molecule has 0 aliphatic carbocycles. The van der Waals surface area contributed by atoms with Crippen LogP contribution < -0.4 is 11.1 Å². The van der Waals surface area contributed by atoms with E-state index in [0.29, 0.717) is 11.1 Å². The van der Waals surface area contributed by atoms with Crippen molar-refractivity contribution in [3.05, 3.63) is 70.8 Å². The van der Waals surface area contributed by atoms with Crippen LogP contribution in [0.4, 0.5) is 14.9 Å². The number of nitrogens with two attached hydrogens (primary N) is 1. The molecular formula is C20H18ClFN4O2. The van der Waals surface area contributed by atoms with Crippen LogP contribution in [0.15, 0.2) is 48.7 Å². The van der Waals surface area contributed by atoms with Gasteiger partial charge in [0.2, 0.25) is 0 Å². The topological polar surface area (TPSA) is 88.3 Å². The number of carbonyl (C=O) groups is 2. The quantitative estimate of drug-likeness (QED) is 0.682. The third kappa shape index (κ3) is 3.75. The fourth-order valence-electron chi connectivity index (χ4n) is 2.91. The lowest BCUT2D eigenvalue weighted by atomic mass is 9.99. The molecular weight excluding hydrogens is 383 g/mol. The van der Waals surface area contributed by atoms with E-state index in [1.54, 1.807) is 25.4 Å². The lowest BCUT2D eigenvalue weighted by Crippen LogP contribution is -2.33. The Morgan fingerprint density at radius 1 is 1.21 bits per heavy atom. The number of carbonyl (C=O) groups excluding carboxylic acids is 2. The SMILES string of the molecule is C[C@@H](c1cnc(C(N)=O)c2ccccc12)N(C)C(=O)Nc1ccc(F)c(Cl)c1. The van der Waals surface area contributed by atoms with Crippen molar-refractivity contribution in [3.8, 4) is 0 Å². The van der Waals surface area contributed by atoms with Crippen molar-refractivity contribution in [1.82, 2.24) is 9.88 Å². The zero-order valence-corrected chi connectivity index (χ0v) is 16.0. The number of fused-ring (bicyclic) bond motifs is 1. The summed E-state index contributed by atoms with van der Waals surface area (Å²) in [6.07, 6.45) is 1.55. The van der Waals surface area contributed by atoms with E-state index in [0.717, 1.165) is 10.9 Å². The van der Waals surface area contributed by atoms with Gasteiger partial charge in [-0.15, -0.1) is 0 Å². The number of anilines is 1. The number of amides is 3. The van der Waals surface area contributed by atoms with Gasteiger partial charge >= 0.3 is 6.03 Å². The number of halogens is 2. The molecule has 3 aromatic rings. The van der Waals surface area contributed by atoms with Crippen molar-refractivity contribution >= 4 is 40.0 Å². The Balaban J connectivity index is 1.89. The molecule has 0 unspecified atom stereocenters. The van der Waals surface area contributed by atoms with Crippen LogP contribution in [0, 0.1) is 5.82 Å². The van der Waals surface area contributed by atoms with E-state index in [1.165, 1.54) is 23.1 Å². The van der Waals surface area contributed by atoms with Crippen molar-refractivity contribution in [2.45, 2.75) is 13.0 Å². The highest BCUT2D eigenvalue weighted by Gasteiger charge is 2.21. The average Bonchev–Trinajstić information content (AvgIpc) is 2.68. The lowest BCUT2D eigenvalue weighted by Gasteiger charge is -2.26. The molecule has 0 bridgehead atoms. The maximum Gasteiger partial charge on any atom is 0.322 e. The Kier molecular flexibility index (Phi) is 5.46. The smallest absolute Gasteiger partial charge is 0.322 e. The Hall–Kier alpha value is -3.19. The summed E-state index contributed by atoms with van der Waals surface area (Å²) in [5, 5.41) is 4.01. The molecule has 1 heterocycles. The fourth-order valence-corrected chi connectivity index (χ4v) is 3.09. The van der Waals surface area contributed by atoms with E-state index in [9.17, 15) is 14.0 Å². The summed E-state index contributed by atoms with van der Waals surface area (Å²) in [4.78, 5) is 29.9. The first-order chi connectivity index (χ1) is 13.3. The van der Waals surface area contributed by atoms with Crippen molar-refractivity contribution in [3.63, 3.8) is 0 Å². The number of benzene rings is 2. The van der Waals surface area contributed by atoms with E-state index < -0.39 is 17.8 Å². The summed E-state index contributed by atoms with van der Waals surface area (Å²) in [5.74, 6) is -1.18. The standard InChI is InChI=1S/C20H18ClFN4O2/c1-11(26(2)20(28)25-12-7-8-17(22)16(21)9-12)15-10-24-18(19(23)27)14-6-4-3-5-13(14)15/h3-11H,1-2H3,(H2,23,27)(H,25,28)/t11-/m0/s1. The summed E-state index contributed by atoms with van der Waals surface area (Å²) < 4.78 is 13.3. The average molecular weight is 401 g/mol. The minimum atomic E-state index is -0.616. The molecule has 1 aromatic heterocycles. The highest BCUT2D eigenvalue weighted by Crippen LogP contribution is 2.29. The summed E-state index contributed by atoms with van der Waals surface area (Å²) in [6, 6.07) is 10.4. The second-order valence-electron chi connectivity index (χ2n) is 6.32. The van der Waals surface area contributed by atoms with Crippen LogP contribution in [0.2, 0.25) is 5.02 Å². The maximum absolute atomic E-state index is 13.3. The predicted molar refractivity (Wildman–Crippen MR) is 107 cm³/mol. The first kappa shape index (κ1) is 19.6. The monoisotopic (exact) mass is 400 g/mol. The number of hydrogen-bond acceptors (Lipinski definition) is 3. The van der Waals surface area contributed by atoms with E-state index in [1.807, 2.05) is 19.1 Å². The molecule has 144 valence electrons. The molecule has 8 heteroatoms. The first-order valence-electron chi connectivity index (χ1n) is 8.46. The van der Waals surface area contributed by atoms with Crippen LogP contribution in [0.1, 0.15) is 29.0 Å². The normalized spacial score (nSPS) is 11.9. The van der Waals surface area contributed by atoms with Gasteiger partial charge in [0.05, 0.1) is 11.1 Å². The van der Waals surface area contributed by atoms with Crippen LogP contribution in [0.5, 0.6) is 0 Å². The number of rotatable bonds is 4. The molecule has 6 nitrogen and oxygen atoms in total. The Morgan fingerprint density at radius 2 is 1.89 bits per heavy atom. The maximum atomic E-state index is 13.3. The van der Waals surface area contributed by atoms with Gasteiger partial charge in [0, 0.05) is 29.9 Å². The molecule has 0 aliphatic rings. The Labute approximate surface area is 166 Å². The van der Waals surface area contributed by atoms with Crippen LogP contribution in [-0.2, 0) is 0 Å². The fraction of sp³-hybridized carbons (Fsp3) is 0.150. The van der Waals surface area contributed by atoms with Gasteiger partial charge in [-0.1, -0.05) is 35.9 Å². The van der Waals surface area contributed by atoms with Crippen LogP contribution in [-0.4, -0.2) is 28.9 Å². The number of pyridine rings is 1. The number of hydrogen-bond donors (Lipinski definition) is 2. The first-order valence-corrected chi connectivity index (χ1v) is 8.83. The van der Waals surface area contributed by atoms with E-state index >= 15 is 0 Å². The van der Waals surface area contributed by atoms with Gasteiger partial charge in [-0.2, -0.15) is 0 Å². The Morgan fingerprint density at radius 3 is 2.54 bits per heavy atom. The van der Waals surface area contributed by atoms with E-state index in [-0.39, 0.29) is 16.8 Å². The minimum absolute atomic E-state index is 0.0780. The van der Waals surface area contributed by atoms with Gasteiger partial charge in [0.15, 0.2) is 0 Å². The van der Waals surface area contributed by atoms with Crippen molar-refractivity contribution in [1.29, 1.82) is 0 Å². The number of aromatic nitrogens is 1. The minimum Gasteiger partial charge on any atom is -0.364 e. The molecule has 0 saturated carbocycles. The van der Waals surface area contributed by atoms with Crippen LogP contribution in [0.25, 0.3) is 10.8 Å². The largest absolute Gasteiger partial charge is 0.364 e. The molecule has 0 aliphatic heterocycles. The van der Waals surface area contributed by atoms with E-state index in [4.69, 9.17) is 17.3 Å². The van der Waals surface area contributed by atoms with Crippen molar-refractivity contribution in [2.75, 3.05) is 12.4 Å². The van der Waals surface area contributed by atoms with Gasteiger partial charge in [-0.25, -0.2) is 9.18 Å². The third-order valence-corrected chi connectivity index (χ3v) is 4.87. The molecule has 28 heavy (non-hydrogen) atoms. The highest BCUT2D eigenvalue weighted by molar-refractivity contribution is 6.31. The third-order valence-electron chi connectivity index (χ3n) is 4.58. The molecule has 2 aromatic carbocycles. The summed E-state index contributed by atoms with van der Waals surface area (Å²) in [5.41, 5.74) is 6.73. The van der Waals surface area contributed by atoms with Crippen LogP contribution >= 0.6 is 11.6 Å². The van der Waals surface area contributed by atoms with Gasteiger partial charge in [0.1, 0.15) is 11.5 Å². The predicted octanol–water partition coefficient (Wildman–Crippen LogP) is 4.35. The molecule has 0 fully saturated rings. The van der Waals surface area contributed by atoms with Crippen molar-refractivity contribution in [2.24, 2.45) is 5.73 Å². The van der Waals surface area contributed by atoms with E-state index in [2.05, 4.69) is 10.3 Å². The molecule has 0 radical (unpaired) electrons. The summed E-state index contributed by atoms with van der Waals surface area (Å²) >= 11 is 5.76. The number of nitrogens with one attached hydrogen (secondary N) is 1. The number of primary amides is 1. The second-order valence-corrected chi connectivity index (χ2v) is 6.73. The molecule has 0 saturated heterocycles. The second kappa shape index (κ2) is 7.82. The van der Waals surface area contributed by atoms with Gasteiger partial charge in [-0.3, -0.25) is 9.78 Å². The van der Waals surface area contributed by atoms with Crippen molar-refractivity contribution < 1.29 is 14.0 Å². The number of urea groups is 1. The molecule has 3 N–H and O–H groups in total. The summed E-state index contributed by atoms with van der Waals surface area (Å²) in [7, 11) is 1.63. The molecule has 0 spiro atoms.